The molecule has 0 bridgehead atoms. The number of hydrogen-bond donors (Lipinski definition) is 1. The molecule has 2 atom stereocenters. The Morgan fingerprint density at radius 2 is 2.06 bits per heavy atom. The Hall–Kier alpha value is -0.540. The summed E-state index contributed by atoms with van der Waals surface area (Å²) in [6, 6.07) is 0.477. The maximum Gasteiger partial charge on any atom is 0.130 e. The highest BCUT2D eigenvalue weighted by Gasteiger charge is 2.20. The average molecular weight is 258 g/mol. The van der Waals surface area contributed by atoms with Crippen LogP contribution in [0, 0.1) is 12.8 Å². The minimum Gasteiger partial charge on any atom is -0.314 e. The van der Waals surface area contributed by atoms with Gasteiger partial charge in [-0.3, -0.25) is 4.68 Å². The Labute approximate surface area is 110 Å². The first-order chi connectivity index (χ1) is 8.01. The summed E-state index contributed by atoms with van der Waals surface area (Å²) in [7, 11) is 1.89. The minimum absolute atomic E-state index is 0.477. The first kappa shape index (κ1) is 14.5. The predicted octanol–water partition coefficient (Wildman–Crippen LogP) is 2.95. The zero-order valence-electron chi connectivity index (χ0n) is 11.5. The van der Waals surface area contributed by atoms with Crippen LogP contribution in [-0.2, 0) is 13.5 Å². The number of nitrogens with one attached hydrogen (secondary N) is 1. The van der Waals surface area contributed by atoms with Gasteiger partial charge < -0.3 is 5.32 Å². The molecule has 3 nitrogen and oxygen atoms in total. The van der Waals surface area contributed by atoms with E-state index in [9.17, 15) is 0 Å². The molecule has 1 rings (SSSR count). The lowest BCUT2D eigenvalue weighted by atomic mass is 9.93. The second-order valence-corrected chi connectivity index (χ2v) is 5.09. The van der Waals surface area contributed by atoms with Gasteiger partial charge in [0.1, 0.15) is 5.15 Å². The topological polar surface area (TPSA) is 29.9 Å². The Morgan fingerprint density at radius 3 is 2.47 bits per heavy atom. The van der Waals surface area contributed by atoms with Gasteiger partial charge in [0.05, 0.1) is 5.69 Å². The van der Waals surface area contributed by atoms with Gasteiger partial charge in [0.2, 0.25) is 0 Å². The van der Waals surface area contributed by atoms with Crippen molar-refractivity contribution in [3.8, 4) is 0 Å². The van der Waals surface area contributed by atoms with Crippen LogP contribution in [0.2, 0.25) is 5.15 Å². The fourth-order valence-corrected chi connectivity index (χ4v) is 2.40. The SMILES string of the molecule is CCNC(Cc1c(C)nn(C)c1Cl)C(C)CC. The zero-order valence-corrected chi connectivity index (χ0v) is 12.3. The van der Waals surface area contributed by atoms with Gasteiger partial charge >= 0.3 is 0 Å². The molecule has 17 heavy (non-hydrogen) atoms. The van der Waals surface area contributed by atoms with Crippen molar-refractivity contribution in [2.24, 2.45) is 13.0 Å². The van der Waals surface area contributed by atoms with Crippen molar-refractivity contribution in [3.63, 3.8) is 0 Å². The van der Waals surface area contributed by atoms with Gasteiger partial charge in [-0.25, -0.2) is 0 Å². The van der Waals surface area contributed by atoms with Crippen molar-refractivity contribution >= 4 is 11.6 Å². The van der Waals surface area contributed by atoms with E-state index in [1.807, 2.05) is 14.0 Å². The lowest BCUT2D eigenvalue weighted by Gasteiger charge is -2.23. The number of nitrogens with zero attached hydrogens (tertiary/aromatic N) is 2. The summed E-state index contributed by atoms with van der Waals surface area (Å²) >= 11 is 6.28. The van der Waals surface area contributed by atoms with Crippen LogP contribution in [0.4, 0.5) is 0 Å². The molecule has 0 aromatic carbocycles. The Bertz CT molecular complexity index is 360. The Kier molecular flexibility index (Phi) is 5.47. The Morgan fingerprint density at radius 1 is 1.41 bits per heavy atom. The van der Waals surface area contributed by atoms with E-state index in [4.69, 9.17) is 11.6 Å². The summed E-state index contributed by atoms with van der Waals surface area (Å²) in [6.07, 6.45) is 2.13. The largest absolute Gasteiger partial charge is 0.314 e. The molecular formula is C13H24ClN3. The molecule has 0 saturated carbocycles. The van der Waals surface area contributed by atoms with Gasteiger partial charge in [-0.15, -0.1) is 0 Å². The number of aryl methyl sites for hydroxylation is 2. The van der Waals surface area contributed by atoms with E-state index in [1.54, 1.807) is 4.68 Å². The van der Waals surface area contributed by atoms with Crippen LogP contribution in [0.15, 0.2) is 0 Å². The first-order valence-electron chi connectivity index (χ1n) is 6.42. The van der Waals surface area contributed by atoms with Crippen LogP contribution in [0.5, 0.6) is 0 Å². The summed E-state index contributed by atoms with van der Waals surface area (Å²) in [5, 5.41) is 8.69. The van der Waals surface area contributed by atoms with Crippen LogP contribution in [0.25, 0.3) is 0 Å². The van der Waals surface area contributed by atoms with Crippen molar-refractivity contribution in [1.29, 1.82) is 0 Å². The summed E-state index contributed by atoms with van der Waals surface area (Å²) < 4.78 is 1.76. The molecule has 1 heterocycles. The first-order valence-corrected chi connectivity index (χ1v) is 6.80. The standard InChI is InChI=1S/C13H24ClN3/c1-6-9(3)12(15-7-2)8-11-10(4)16-17(5)13(11)14/h9,12,15H,6-8H2,1-5H3. The zero-order chi connectivity index (χ0) is 13.0. The third-order valence-corrected chi connectivity index (χ3v) is 3.96. The van der Waals surface area contributed by atoms with Gasteiger partial charge in [0.25, 0.3) is 0 Å². The molecule has 0 aliphatic heterocycles. The number of halogens is 1. The minimum atomic E-state index is 0.477. The van der Waals surface area contributed by atoms with E-state index in [1.165, 1.54) is 12.0 Å². The predicted molar refractivity (Wildman–Crippen MR) is 73.6 cm³/mol. The summed E-state index contributed by atoms with van der Waals surface area (Å²) in [4.78, 5) is 0. The maximum absolute atomic E-state index is 6.28. The van der Waals surface area contributed by atoms with E-state index in [-0.39, 0.29) is 0 Å². The molecular weight excluding hydrogens is 234 g/mol. The molecule has 0 aliphatic rings. The summed E-state index contributed by atoms with van der Waals surface area (Å²) in [5.41, 5.74) is 2.23. The molecule has 1 N–H and O–H groups in total. The van der Waals surface area contributed by atoms with Crippen LogP contribution < -0.4 is 5.32 Å². The molecule has 0 aliphatic carbocycles. The highest BCUT2D eigenvalue weighted by molar-refractivity contribution is 6.30. The second-order valence-electron chi connectivity index (χ2n) is 4.73. The molecule has 98 valence electrons. The monoisotopic (exact) mass is 257 g/mol. The number of hydrogen-bond acceptors (Lipinski definition) is 2. The quantitative estimate of drug-likeness (QED) is 0.849. The van der Waals surface area contributed by atoms with Crippen molar-refractivity contribution < 1.29 is 0 Å². The molecule has 4 heteroatoms. The average Bonchev–Trinajstić information content (AvgIpc) is 2.54. The van der Waals surface area contributed by atoms with E-state index >= 15 is 0 Å². The van der Waals surface area contributed by atoms with E-state index < -0.39 is 0 Å². The number of aromatic nitrogens is 2. The van der Waals surface area contributed by atoms with Crippen LogP contribution >= 0.6 is 11.6 Å². The number of rotatable bonds is 6. The van der Waals surface area contributed by atoms with Crippen LogP contribution in [0.3, 0.4) is 0 Å². The molecule has 1 aromatic heterocycles. The fraction of sp³-hybridized carbons (Fsp3) is 0.769. The third kappa shape index (κ3) is 3.46. The fourth-order valence-electron chi connectivity index (χ4n) is 2.15. The van der Waals surface area contributed by atoms with Crippen molar-refractivity contribution in [2.75, 3.05) is 6.54 Å². The van der Waals surface area contributed by atoms with E-state index in [0.717, 1.165) is 23.8 Å². The molecule has 0 saturated heterocycles. The number of likely N-dealkylation sites (N-methyl/N-ethyl adjacent to an activating group) is 1. The lowest BCUT2D eigenvalue weighted by Crippen LogP contribution is -2.36. The lowest BCUT2D eigenvalue weighted by molar-refractivity contribution is 0.370. The molecule has 2 unspecified atom stereocenters. The summed E-state index contributed by atoms with van der Waals surface area (Å²) in [6.45, 7) is 9.68. The molecule has 0 fully saturated rings. The normalized spacial score (nSPS) is 14.9. The Balaban J connectivity index is 2.85. The molecule has 0 amide bonds. The van der Waals surface area contributed by atoms with E-state index in [2.05, 4.69) is 31.2 Å². The summed E-state index contributed by atoms with van der Waals surface area (Å²) in [5.74, 6) is 0.644. The highest BCUT2D eigenvalue weighted by Crippen LogP contribution is 2.23. The molecule has 1 aromatic rings. The highest BCUT2D eigenvalue weighted by atomic mass is 35.5. The van der Waals surface area contributed by atoms with Crippen LogP contribution in [0.1, 0.15) is 38.4 Å². The smallest absolute Gasteiger partial charge is 0.130 e. The van der Waals surface area contributed by atoms with Gasteiger partial charge in [0.15, 0.2) is 0 Å². The van der Waals surface area contributed by atoms with Crippen molar-refractivity contribution in [2.45, 2.75) is 46.6 Å². The van der Waals surface area contributed by atoms with Crippen molar-refractivity contribution in [3.05, 3.63) is 16.4 Å². The van der Waals surface area contributed by atoms with Gasteiger partial charge in [-0.05, 0) is 25.8 Å². The molecule has 0 radical (unpaired) electrons. The van der Waals surface area contributed by atoms with E-state index in [0.29, 0.717) is 12.0 Å². The second kappa shape index (κ2) is 6.41. The molecule has 0 spiro atoms. The van der Waals surface area contributed by atoms with Crippen LogP contribution in [-0.4, -0.2) is 22.4 Å². The van der Waals surface area contributed by atoms with Gasteiger partial charge in [-0.1, -0.05) is 38.8 Å². The van der Waals surface area contributed by atoms with Crippen molar-refractivity contribution in [1.82, 2.24) is 15.1 Å². The van der Waals surface area contributed by atoms with Gasteiger partial charge in [-0.2, -0.15) is 5.10 Å². The maximum atomic E-state index is 6.28. The third-order valence-electron chi connectivity index (χ3n) is 3.49. The van der Waals surface area contributed by atoms with Gasteiger partial charge in [0, 0.05) is 18.7 Å².